The van der Waals surface area contributed by atoms with Gasteiger partial charge in [0.05, 0.1) is 11.8 Å². The van der Waals surface area contributed by atoms with Crippen LogP contribution < -0.4 is 5.32 Å². The highest BCUT2D eigenvalue weighted by Gasteiger charge is 2.25. The molecule has 0 radical (unpaired) electrons. The van der Waals surface area contributed by atoms with Crippen molar-refractivity contribution < 1.29 is 9.50 Å². The molecule has 0 aliphatic rings. The molecule has 6 heteroatoms. The topological polar surface area (TPSA) is 73.9 Å². The Hall–Kier alpha value is -2.23. The lowest BCUT2D eigenvalue weighted by atomic mass is 9.98. The van der Waals surface area contributed by atoms with Crippen molar-refractivity contribution >= 4 is 0 Å². The highest BCUT2D eigenvalue weighted by atomic mass is 19.1. The van der Waals surface area contributed by atoms with Gasteiger partial charge in [-0.2, -0.15) is 10.4 Å². The monoisotopic (exact) mass is 302 g/mol. The largest absolute Gasteiger partial charge is 0.384 e. The summed E-state index contributed by atoms with van der Waals surface area (Å²) in [4.78, 5) is 0. The summed E-state index contributed by atoms with van der Waals surface area (Å²) in [6.45, 7) is 3.87. The second-order valence-electron chi connectivity index (χ2n) is 5.63. The third-order valence-corrected chi connectivity index (χ3v) is 3.69. The molecule has 0 aliphatic heterocycles. The highest BCUT2D eigenvalue weighted by molar-refractivity contribution is 5.34. The normalized spacial score (nSPS) is 15.1. The lowest BCUT2D eigenvalue weighted by Crippen LogP contribution is -2.36. The van der Waals surface area contributed by atoms with E-state index in [1.807, 2.05) is 6.92 Å². The minimum atomic E-state index is -1.08. The van der Waals surface area contributed by atoms with Gasteiger partial charge in [0.1, 0.15) is 17.5 Å². The van der Waals surface area contributed by atoms with Gasteiger partial charge in [0.15, 0.2) is 0 Å². The molecule has 1 aromatic carbocycles. The van der Waals surface area contributed by atoms with Crippen molar-refractivity contribution in [1.82, 2.24) is 15.1 Å². The second kappa shape index (κ2) is 6.26. The number of aryl methyl sites for hydroxylation is 1. The van der Waals surface area contributed by atoms with Crippen LogP contribution in [-0.2, 0) is 12.6 Å². The summed E-state index contributed by atoms with van der Waals surface area (Å²) in [7, 11) is 1.79. The molecule has 2 N–H and O–H groups in total. The van der Waals surface area contributed by atoms with Gasteiger partial charge in [-0.15, -0.1) is 0 Å². The number of hydrogen-bond donors (Lipinski definition) is 2. The van der Waals surface area contributed by atoms with Crippen molar-refractivity contribution in [3.8, 4) is 6.07 Å². The predicted octanol–water partition coefficient (Wildman–Crippen LogP) is 1.99. The van der Waals surface area contributed by atoms with Crippen LogP contribution in [-0.4, -0.2) is 21.4 Å². The van der Waals surface area contributed by atoms with Crippen LogP contribution in [0.5, 0.6) is 0 Å². The van der Waals surface area contributed by atoms with Crippen LogP contribution in [0.4, 0.5) is 4.39 Å². The lowest BCUT2D eigenvalue weighted by Gasteiger charge is -2.25. The fourth-order valence-corrected chi connectivity index (χ4v) is 2.16. The van der Waals surface area contributed by atoms with Gasteiger partial charge >= 0.3 is 0 Å². The molecule has 2 aromatic rings. The van der Waals surface area contributed by atoms with E-state index in [0.29, 0.717) is 12.1 Å². The van der Waals surface area contributed by atoms with Crippen LogP contribution in [0.1, 0.15) is 36.6 Å². The SMILES string of the molecule is CC(NCC(C)(O)c1cnn(C)c1)c1ccc(C#N)c(F)c1. The first-order chi connectivity index (χ1) is 10.3. The van der Waals surface area contributed by atoms with E-state index >= 15 is 0 Å². The van der Waals surface area contributed by atoms with Crippen molar-refractivity contribution in [1.29, 1.82) is 5.26 Å². The third kappa shape index (κ3) is 3.50. The Balaban J connectivity index is 2.05. The molecule has 22 heavy (non-hydrogen) atoms. The van der Waals surface area contributed by atoms with Crippen molar-refractivity contribution in [3.63, 3.8) is 0 Å². The van der Waals surface area contributed by atoms with Gasteiger partial charge in [0.2, 0.25) is 0 Å². The smallest absolute Gasteiger partial charge is 0.141 e. The van der Waals surface area contributed by atoms with E-state index < -0.39 is 11.4 Å². The number of nitrogens with zero attached hydrogens (tertiary/aromatic N) is 3. The van der Waals surface area contributed by atoms with Crippen LogP contribution in [0.25, 0.3) is 0 Å². The lowest BCUT2D eigenvalue weighted by molar-refractivity contribution is 0.0543. The maximum Gasteiger partial charge on any atom is 0.141 e. The van der Waals surface area contributed by atoms with Crippen LogP contribution in [0.3, 0.4) is 0 Å². The molecule has 2 unspecified atom stereocenters. The Bertz CT molecular complexity index is 702. The van der Waals surface area contributed by atoms with Gasteiger partial charge in [-0.3, -0.25) is 4.68 Å². The van der Waals surface area contributed by atoms with Crippen LogP contribution in [0.15, 0.2) is 30.6 Å². The summed E-state index contributed by atoms with van der Waals surface area (Å²) in [5, 5.41) is 26.5. The molecule has 2 rings (SSSR count). The first-order valence-corrected chi connectivity index (χ1v) is 6.98. The first-order valence-electron chi connectivity index (χ1n) is 6.98. The van der Waals surface area contributed by atoms with E-state index in [0.717, 1.165) is 5.56 Å². The Morgan fingerprint density at radius 2 is 2.27 bits per heavy atom. The van der Waals surface area contributed by atoms with E-state index in [1.165, 1.54) is 12.1 Å². The quantitative estimate of drug-likeness (QED) is 0.886. The average molecular weight is 302 g/mol. The number of aromatic nitrogens is 2. The number of rotatable bonds is 5. The summed E-state index contributed by atoms with van der Waals surface area (Å²) in [6.07, 6.45) is 3.38. The van der Waals surface area contributed by atoms with Crippen LogP contribution in [0, 0.1) is 17.1 Å². The minimum Gasteiger partial charge on any atom is -0.384 e. The van der Waals surface area contributed by atoms with E-state index in [4.69, 9.17) is 5.26 Å². The molecule has 0 saturated heterocycles. The summed E-state index contributed by atoms with van der Waals surface area (Å²) < 4.78 is 15.3. The Morgan fingerprint density at radius 3 is 2.82 bits per heavy atom. The summed E-state index contributed by atoms with van der Waals surface area (Å²) in [5.41, 5.74) is 0.380. The van der Waals surface area contributed by atoms with Gasteiger partial charge in [0, 0.05) is 31.4 Å². The standard InChI is InChI=1S/C16H19FN4O/c1-11(12-4-5-13(7-18)15(17)6-12)19-10-16(2,22)14-8-20-21(3)9-14/h4-6,8-9,11,19,22H,10H2,1-3H3. The highest BCUT2D eigenvalue weighted by Crippen LogP contribution is 2.21. The molecule has 5 nitrogen and oxygen atoms in total. The van der Waals surface area contributed by atoms with Gasteiger partial charge in [-0.05, 0) is 31.5 Å². The summed E-state index contributed by atoms with van der Waals surface area (Å²) in [5.74, 6) is -0.535. The molecule has 116 valence electrons. The summed E-state index contributed by atoms with van der Waals surface area (Å²) >= 11 is 0. The number of halogens is 1. The van der Waals surface area contributed by atoms with Crippen LogP contribution in [0.2, 0.25) is 0 Å². The Morgan fingerprint density at radius 1 is 1.55 bits per heavy atom. The van der Waals surface area contributed by atoms with E-state index in [1.54, 1.807) is 43.2 Å². The van der Waals surface area contributed by atoms with Crippen molar-refractivity contribution in [2.24, 2.45) is 7.05 Å². The predicted molar refractivity (Wildman–Crippen MR) is 80.3 cm³/mol. The summed E-state index contributed by atoms with van der Waals surface area (Å²) in [6, 6.07) is 6.14. The maximum atomic E-state index is 13.6. The molecule has 1 aromatic heterocycles. The fraction of sp³-hybridized carbons (Fsp3) is 0.375. The van der Waals surface area contributed by atoms with Crippen molar-refractivity contribution in [2.45, 2.75) is 25.5 Å². The van der Waals surface area contributed by atoms with Gasteiger partial charge in [0.25, 0.3) is 0 Å². The molecule has 0 saturated carbocycles. The third-order valence-electron chi connectivity index (χ3n) is 3.69. The van der Waals surface area contributed by atoms with Gasteiger partial charge in [-0.1, -0.05) is 6.07 Å². The maximum absolute atomic E-state index is 13.6. The molecule has 0 bridgehead atoms. The molecule has 0 amide bonds. The molecular weight excluding hydrogens is 283 g/mol. The average Bonchev–Trinajstić information content (AvgIpc) is 2.92. The van der Waals surface area contributed by atoms with E-state index in [9.17, 15) is 9.50 Å². The number of aliphatic hydroxyl groups is 1. The number of nitrogens with one attached hydrogen (secondary N) is 1. The van der Waals surface area contributed by atoms with Crippen molar-refractivity contribution in [3.05, 3.63) is 53.1 Å². The molecule has 0 spiro atoms. The number of benzene rings is 1. The molecule has 0 fully saturated rings. The zero-order valence-corrected chi connectivity index (χ0v) is 12.8. The second-order valence-corrected chi connectivity index (χ2v) is 5.63. The molecule has 1 heterocycles. The minimum absolute atomic E-state index is 0.0262. The zero-order valence-electron chi connectivity index (χ0n) is 12.8. The zero-order chi connectivity index (χ0) is 16.3. The first kappa shape index (κ1) is 16.1. The van der Waals surface area contributed by atoms with E-state index in [2.05, 4.69) is 10.4 Å². The Kier molecular flexibility index (Phi) is 4.59. The molecule has 2 atom stereocenters. The fourth-order valence-electron chi connectivity index (χ4n) is 2.16. The Labute approximate surface area is 129 Å². The molecular formula is C16H19FN4O. The van der Waals surface area contributed by atoms with Crippen LogP contribution >= 0.6 is 0 Å². The van der Waals surface area contributed by atoms with Gasteiger partial charge in [-0.25, -0.2) is 4.39 Å². The van der Waals surface area contributed by atoms with Gasteiger partial charge < -0.3 is 10.4 Å². The molecule has 0 aliphatic carbocycles. The van der Waals surface area contributed by atoms with E-state index in [-0.39, 0.29) is 11.6 Å². The van der Waals surface area contributed by atoms with Crippen molar-refractivity contribution in [2.75, 3.05) is 6.54 Å². The number of nitriles is 1. The number of hydrogen-bond acceptors (Lipinski definition) is 4.